The van der Waals surface area contributed by atoms with Crippen molar-refractivity contribution in [2.24, 2.45) is 5.92 Å². The van der Waals surface area contributed by atoms with E-state index in [1.54, 1.807) is 0 Å². The van der Waals surface area contributed by atoms with Gasteiger partial charge in [0.05, 0.1) is 0 Å². The number of carbonyl (C=O) groups excluding carboxylic acids is 1. The first-order valence-electron chi connectivity index (χ1n) is 8.79. The van der Waals surface area contributed by atoms with Crippen molar-refractivity contribution in [3.05, 3.63) is 0 Å². The summed E-state index contributed by atoms with van der Waals surface area (Å²) in [6.45, 7) is 5.75. The quantitative estimate of drug-likeness (QED) is 0.809. The van der Waals surface area contributed by atoms with Gasteiger partial charge in [0.25, 0.3) is 0 Å². The fraction of sp³-hybridized carbons (Fsp3) is 0.941. The van der Waals surface area contributed by atoms with Crippen LogP contribution in [0.1, 0.15) is 71.1 Å². The van der Waals surface area contributed by atoms with Gasteiger partial charge in [-0.3, -0.25) is 4.79 Å². The van der Waals surface area contributed by atoms with Gasteiger partial charge in [0.2, 0.25) is 5.91 Å². The Labute approximate surface area is 124 Å². The number of nitrogens with one attached hydrogen (secondary N) is 1. The Morgan fingerprint density at radius 1 is 1.10 bits per heavy atom. The van der Waals surface area contributed by atoms with Crippen molar-refractivity contribution < 1.29 is 4.79 Å². The molecule has 3 nitrogen and oxygen atoms in total. The highest BCUT2D eigenvalue weighted by Gasteiger charge is 2.21. The van der Waals surface area contributed by atoms with Crippen molar-refractivity contribution in [1.82, 2.24) is 10.2 Å². The molecule has 0 bridgehead atoms. The van der Waals surface area contributed by atoms with Crippen molar-refractivity contribution in [3.63, 3.8) is 0 Å². The number of piperidine rings is 1. The Bertz CT molecular complexity index is 279. The minimum atomic E-state index is 0.296. The molecule has 2 rings (SSSR count). The third kappa shape index (κ3) is 5.43. The highest BCUT2D eigenvalue weighted by molar-refractivity contribution is 5.76. The average molecular weight is 280 g/mol. The molecule has 0 aromatic rings. The maximum absolute atomic E-state index is 12.0. The van der Waals surface area contributed by atoms with Gasteiger partial charge < -0.3 is 10.2 Å². The fourth-order valence-electron chi connectivity index (χ4n) is 3.73. The lowest BCUT2D eigenvalue weighted by molar-refractivity contribution is -0.122. The van der Waals surface area contributed by atoms with Crippen LogP contribution in [0.2, 0.25) is 0 Å². The predicted octanol–water partition coefficient (Wildman–Crippen LogP) is 3.34. The minimum absolute atomic E-state index is 0.296. The van der Waals surface area contributed by atoms with E-state index in [2.05, 4.69) is 17.1 Å². The van der Waals surface area contributed by atoms with Crippen LogP contribution in [0.25, 0.3) is 0 Å². The van der Waals surface area contributed by atoms with Crippen LogP contribution in [0.5, 0.6) is 0 Å². The van der Waals surface area contributed by atoms with Crippen LogP contribution in [0.4, 0.5) is 0 Å². The summed E-state index contributed by atoms with van der Waals surface area (Å²) in [5.41, 5.74) is 0. The van der Waals surface area contributed by atoms with Gasteiger partial charge in [-0.25, -0.2) is 0 Å². The van der Waals surface area contributed by atoms with Crippen molar-refractivity contribution in [2.75, 3.05) is 19.6 Å². The zero-order valence-corrected chi connectivity index (χ0v) is 13.2. The second-order valence-electron chi connectivity index (χ2n) is 6.73. The van der Waals surface area contributed by atoms with Gasteiger partial charge in [-0.1, -0.05) is 39.0 Å². The molecule has 1 saturated heterocycles. The highest BCUT2D eigenvalue weighted by Crippen LogP contribution is 2.27. The second-order valence-corrected chi connectivity index (χ2v) is 6.73. The molecule has 1 N–H and O–H groups in total. The van der Waals surface area contributed by atoms with E-state index >= 15 is 0 Å². The Morgan fingerprint density at radius 3 is 2.45 bits per heavy atom. The third-order valence-electron chi connectivity index (χ3n) is 5.00. The van der Waals surface area contributed by atoms with Crippen molar-refractivity contribution in [3.8, 4) is 0 Å². The summed E-state index contributed by atoms with van der Waals surface area (Å²) in [4.78, 5) is 14.6. The molecule has 2 aliphatic rings. The number of rotatable bonds is 6. The Morgan fingerprint density at radius 2 is 1.80 bits per heavy atom. The van der Waals surface area contributed by atoms with Gasteiger partial charge in [0.15, 0.2) is 0 Å². The van der Waals surface area contributed by atoms with Gasteiger partial charge in [0.1, 0.15) is 0 Å². The molecule has 0 aromatic carbocycles. The molecule has 0 aromatic heterocycles. The Hall–Kier alpha value is -0.570. The molecule has 0 atom stereocenters. The van der Waals surface area contributed by atoms with Gasteiger partial charge in [-0.15, -0.1) is 0 Å². The van der Waals surface area contributed by atoms with Crippen LogP contribution in [0, 0.1) is 5.92 Å². The van der Waals surface area contributed by atoms with E-state index in [0.717, 1.165) is 44.7 Å². The molecule has 1 aliphatic carbocycles. The number of hydrogen-bond acceptors (Lipinski definition) is 2. The number of nitrogens with zero attached hydrogens (tertiary/aromatic N) is 1. The molecule has 20 heavy (non-hydrogen) atoms. The van der Waals surface area contributed by atoms with Crippen LogP contribution in [-0.2, 0) is 4.79 Å². The topological polar surface area (TPSA) is 32.3 Å². The maximum atomic E-state index is 12.0. The molecule has 3 heteroatoms. The summed E-state index contributed by atoms with van der Waals surface area (Å²) in [7, 11) is 0. The predicted molar refractivity (Wildman–Crippen MR) is 83.7 cm³/mol. The van der Waals surface area contributed by atoms with E-state index in [9.17, 15) is 4.79 Å². The maximum Gasteiger partial charge on any atom is 0.220 e. The summed E-state index contributed by atoms with van der Waals surface area (Å²) in [5, 5.41) is 3.26. The number of likely N-dealkylation sites (tertiary alicyclic amines) is 1. The number of amides is 1. The van der Waals surface area contributed by atoms with Gasteiger partial charge in [-0.2, -0.15) is 0 Å². The minimum Gasteiger partial charge on any atom is -0.353 e. The lowest BCUT2D eigenvalue weighted by Gasteiger charge is -2.32. The SMILES string of the molecule is CCCN1CCC(NC(=O)CCC2CCCCC2)CC1. The molecular formula is C17H32N2O. The summed E-state index contributed by atoms with van der Waals surface area (Å²) in [6, 6.07) is 0.432. The first-order chi connectivity index (χ1) is 9.78. The van der Waals surface area contributed by atoms with Crippen LogP contribution < -0.4 is 5.32 Å². The van der Waals surface area contributed by atoms with Gasteiger partial charge >= 0.3 is 0 Å². The molecular weight excluding hydrogens is 248 g/mol. The molecule has 1 aliphatic heterocycles. The summed E-state index contributed by atoms with van der Waals surface area (Å²) >= 11 is 0. The van der Waals surface area contributed by atoms with Gasteiger partial charge in [0, 0.05) is 25.6 Å². The lowest BCUT2D eigenvalue weighted by atomic mass is 9.86. The largest absolute Gasteiger partial charge is 0.353 e. The second kappa shape index (κ2) is 8.66. The molecule has 1 amide bonds. The first kappa shape index (κ1) is 15.8. The molecule has 0 spiro atoms. The molecule has 1 saturated carbocycles. The molecule has 116 valence electrons. The van der Waals surface area contributed by atoms with E-state index < -0.39 is 0 Å². The molecule has 2 fully saturated rings. The zero-order chi connectivity index (χ0) is 14.2. The normalized spacial score (nSPS) is 22.9. The van der Waals surface area contributed by atoms with E-state index in [1.807, 2.05) is 0 Å². The molecule has 0 radical (unpaired) electrons. The fourth-order valence-corrected chi connectivity index (χ4v) is 3.73. The molecule has 0 unspecified atom stereocenters. The van der Waals surface area contributed by atoms with Crippen molar-refractivity contribution in [2.45, 2.75) is 77.2 Å². The van der Waals surface area contributed by atoms with Crippen LogP contribution in [0.3, 0.4) is 0 Å². The van der Waals surface area contributed by atoms with Crippen LogP contribution in [-0.4, -0.2) is 36.5 Å². The highest BCUT2D eigenvalue weighted by atomic mass is 16.1. The van der Waals surface area contributed by atoms with E-state index in [4.69, 9.17) is 0 Å². The van der Waals surface area contributed by atoms with Crippen molar-refractivity contribution >= 4 is 5.91 Å². The lowest BCUT2D eigenvalue weighted by Crippen LogP contribution is -2.44. The number of carbonyl (C=O) groups is 1. The Kier molecular flexibility index (Phi) is 6.85. The van der Waals surface area contributed by atoms with Gasteiger partial charge in [-0.05, 0) is 38.1 Å². The van der Waals surface area contributed by atoms with E-state index in [1.165, 1.54) is 45.1 Å². The zero-order valence-electron chi connectivity index (χ0n) is 13.2. The van der Waals surface area contributed by atoms with Crippen LogP contribution >= 0.6 is 0 Å². The Balaban J connectivity index is 1.57. The van der Waals surface area contributed by atoms with E-state index in [-0.39, 0.29) is 0 Å². The standard InChI is InChI=1S/C17H32N2O/c1-2-12-19-13-10-16(11-14-19)18-17(20)9-8-15-6-4-3-5-7-15/h15-16H,2-14H2,1H3,(H,18,20). The summed E-state index contributed by atoms with van der Waals surface area (Å²) < 4.78 is 0. The smallest absolute Gasteiger partial charge is 0.220 e. The molecule has 1 heterocycles. The number of hydrogen-bond donors (Lipinski definition) is 1. The summed E-state index contributed by atoms with van der Waals surface area (Å²) in [6.07, 6.45) is 12.2. The van der Waals surface area contributed by atoms with Crippen molar-refractivity contribution in [1.29, 1.82) is 0 Å². The first-order valence-corrected chi connectivity index (χ1v) is 8.79. The van der Waals surface area contributed by atoms with Crippen LogP contribution in [0.15, 0.2) is 0 Å². The van der Waals surface area contributed by atoms with E-state index in [0.29, 0.717) is 11.9 Å². The average Bonchev–Trinajstić information content (AvgIpc) is 2.49. The monoisotopic (exact) mass is 280 g/mol. The summed E-state index contributed by atoms with van der Waals surface area (Å²) in [5.74, 6) is 1.12. The third-order valence-corrected chi connectivity index (χ3v) is 5.00.